The molecule has 1 saturated carbocycles. The summed E-state index contributed by atoms with van der Waals surface area (Å²) < 4.78 is 44.4. The summed E-state index contributed by atoms with van der Waals surface area (Å²) in [4.78, 5) is 21.9. The van der Waals surface area contributed by atoms with Crippen LogP contribution in [0, 0.1) is 0 Å². The highest BCUT2D eigenvalue weighted by molar-refractivity contribution is 7.97. The Labute approximate surface area is 175 Å². The highest BCUT2D eigenvalue weighted by Gasteiger charge is 2.40. The molecule has 2 fully saturated rings. The van der Waals surface area contributed by atoms with Crippen molar-refractivity contribution in [2.45, 2.75) is 29.6 Å². The number of nitrogens with zero attached hydrogens (tertiary/aromatic N) is 5. The zero-order valence-corrected chi connectivity index (χ0v) is 17.4. The Morgan fingerprint density at radius 2 is 1.93 bits per heavy atom. The molecule has 12 heteroatoms. The fraction of sp³-hybridized carbons (Fsp3) is 0.556. The number of anilines is 1. The monoisotopic (exact) mass is 444 g/mol. The van der Waals surface area contributed by atoms with E-state index in [4.69, 9.17) is 0 Å². The molecule has 0 aromatic carbocycles. The van der Waals surface area contributed by atoms with Crippen LogP contribution >= 0.6 is 11.9 Å². The van der Waals surface area contributed by atoms with Crippen molar-refractivity contribution in [2.75, 3.05) is 45.2 Å². The smallest absolute Gasteiger partial charge is 0.375 e. The third-order valence-corrected chi connectivity index (χ3v) is 6.15. The van der Waals surface area contributed by atoms with E-state index < -0.39 is 17.6 Å². The first kappa shape index (κ1) is 21.1. The molecule has 2 amide bonds. The van der Waals surface area contributed by atoms with Gasteiger partial charge in [-0.05, 0) is 30.9 Å². The van der Waals surface area contributed by atoms with Crippen LogP contribution in [0.5, 0.6) is 0 Å². The van der Waals surface area contributed by atoms with E-state index in [1.165, 1.54) is 11.1 Å². The maximum atomic E-state index is 13.5. The Balaban J connectivity index is 1.64. The lowest BCUT2D eigenvalue weighted by atomic mass is 10.2. The van der Waals surface area contributed by atoms with E-state index in [2.05, 4.69) is 9.71 Å². The summed E-state index contributed by atoms with van der Waals surface area (Å²) >= 11 is 1.10. The highest BCUT2D eigenvalue weighted by Crippen LogP contribution is 2.38. The molecule has 2 aromatic heterocycles. The van der Waals surface area contributed by atoms with Crippen molar-refractivity contribution < 1.29 is 23.1 Å². The number of halogens is 3. The van der Waals surface area contributed by atoms with Gasteiger partial charge in [-0.2, -0.15) is 13.2 Å². The van der Waals surface area contributed by atoms with Crippen molar-refractivity contribution in [1.29, 1.82) is 0 Å². The fourth-order valence-corrected chi connectivity index (χ4v) is 4.18. The molecule has 2 aliphatic rings. The molecule has 3 heterocycles. The molecule has 0 atom stereocenters. The fourth-order valence-electron chi connectivity index (χ4n) is 3.34. The topological polar surface area (TPSA) is 76.4 Å². The molecule has 4 rings (SSSR count). The van der Waals surface area contributed by atoms with Crippen LogP contribution in [0.3, 0.4) is 0 Å². The number of imidazole rings is 1. The van der Waals surface area contributed by atoms with E-state index in [9.17, 15) is 23.1 Å². The van der Waals surface area contributed by atoms with Crippen molar-refractivity contribution in [3.05, 3.63) is 24.2 Å². The molecule has 1 aliphatic carbocycles. The molecule has 2 aromatic rings. The Morgan fingerprint density at radius 1 is 1.27 bits per heavy atom. The van der Waals surface area contributed by atoms with Gasteiger partial charge >= 0.3 is 12.2 Å². The van der Waals surface area contributed by atoms with Gasteiger partial charge in [0, 0.05) is 51.4 Å². The minimum absolute atomic E-state index is 0.0915. The average molecular weight is 444 g/mol. The van der Waals surface area contributed by atoms with Crippen molar-refractivity contribution >= 4 is 29.3 Å². The maximum absolute atomic E-state index is 13.5. The molecule has 1 aliphatic heterocycles. The number of fused-ring (bicyclic) bond motifs is 1. The summed E-state index contributed by atoms with van der Waals surface area (Å²) in [6, 6.07) is 1.68. The summed E-state index contributed by atoms with van der Waals surface area (Å²) in [5.41, 5.74) is -1.03. The summed E-state index contributed by atoms with van der Waals surface area (Å²) in [7, 11) is 3.37. The summed E-state index contributed by atoms with van der Waals surface area (Å²) in [5, 5.41) is 10.0. The second kappa shape index (κ2) is 7.50. The molecule has 1 saturated heterocycles. The molecule has 164 valence electrons. The lowest BCUT2D eigenvalue weighted by Crippen LogP contribution is -2.51. The van der Waals surface area contributed by atoms with Crippen LogP contribution in [-0.2, 0) is 6.18 Å². The lowest BCUT2D eigenvalue weighted by Gasteiger charge is -2.37. The van der Waals surface area contributed by atoms with Crippen molar-refractivity contribution in [1.82, 2.24) is 23.9 Å². The molecule has 0 spiro atoms. The first-order valence-corrected chi connectivity index (χ1v) is 10.3. The number of aromatic nitrogens is 2. The molecule has 0 unspecified atom stereocenters. The summed E-state index contributed by atoms with van der Waals surface area (Å²) in [6.07, 6.45) is -1.12. The van der Waals surface area contributed by atoms with Gasteiger partial charge in [-0.15, -0.1) is 0 Å². The van der Waals surface area contributed by atoms with E-state index >= 15 is 0 Å². The van der Waals surface area contributed by atoms with Crippen LogP contribution in [0.15, 0.2) is 23.4 Å². The highest BCUT2D eigenvalue weighted by atomic mass is 32.2. The number of carbonyl (C=O) groups excluding carboxylic acids is 1. The number of pyridine rings is 1. The van der Waals surface area contributed by atoms with Gasteiger partial charge in [0.25, 0.3) is 0 Å². The Hall–Kier alpha value is -2.18. The lowest BCUT2D eigenvalue weighted by molar-refractivity contribution is -0.141. The molecule has 30 heavy (non-hydrogen) atoms. The predicted molar refractivity (Wildman–Crippen MR) is 106 cm³/mol. The van der Waals surface area contributed by atoms with Crippen molar-refractivity contribution in [3.8, 4) is 0 Å². The van der Waals surface area contributed by atoms with Gasteiger partial charge in [0.1, 0.15) is 11.4 Å². The zero-order chi connectivity index (χ0) is 21.7. The number of hydrogen-bond donors (Lipinski definition) is 2. The van der Waals surface area contributed by atoms with Crippen LogP contribution < -0.4 is 9.62 Å². The number of aliphatic hydroxyl groups is 1. The van der Waals surface area contributed by atoms with E-state index in [0.29, 0.717) is 49.6 Å². The predicted octanol–water partition coefficient (Wildman–Crippen LogP) is 2.24. The van der Waals surface area contributed by atoms with Gasteiger partial charge in [-0.25, -0.2) is 14.5 Å². The summed E-state index contributed by atoms with van der Waals surface area (Å²) in [5.74, 6) is 0. The molecule has 0 radical (unpaired) electrons. The molecule has 8 nitrogen and oxygen atoms in total. The average Bonchev–Trinajstić information content (AvgIpc) is 3.26. The Kier molecular flexibility index (Phi) is 5.27. The molecule has 0 bridgehead atoms. The van der Waals surface area contributed by atoms with Gasteiger partial charge in [-0.3, -0.25) is 4.40 Å². The first-order chi connectivity index (χ1) is 14.1. The SMILES string of the molecule is CN(C)C(=O)N1CCN(c2cc(SNC3(O)CC3)cn3c(C(F)(F)F)cnc23)CC1. The second-order valence-electron chi connectivity index (χ2n) is 7.78. The van der Waals surface area contributed by atoms with Gasteiger partial charge in [-0.1, -0.05) is 0 Å². The standard InChI is InChI=1S/C18H23F3N6O2S/c1-24(2)16(28)26-7-5-25(6-8-26)13-9-12(30-23-17(29)3-4-17)11-27-14(18(19,20)21)10-22-15(13)27/h9-11,23,29H,3-8H2,1-2H3. The van der Waals surface area contributed by atoms with Gasteiger partial charge in [0.15, 0.2) is 5.65 Å². The maximum Gasteiger partial charge on any atom is 0.433 e. The van der Waals surface area contributed by atoms with Gasteiger partial charge < -0.3 is 19.8 Å². The van der Waals surface area contributed by atoms with E-state index in [1.54, 1.807) is 25.1 Å². The van der Waals surface area contributed by atoms with Crippen molar-refractivity contribution in [2.24, 2.45) is 0 Å². The van der Waals surface area contributed by atoms with E-state index in [1.807, 2.05) is 4.90 Å². The minimum atomic E-state index is -4.54. The van der Waals surface area contributed by atoms with Crippen LogP contribution in [-0.4, -0.2) is 76.3 Å². The number of piperazine rings is 1. The third kappa shape index (κ3) is 4.16. The minimum Gasteiger partial charge on any atom is -0.375 e. The number of carbonyl (C=O) groups is 1. The van der Waals surface area contributed by atoms with Gasteiger partial charge in [0.2, 0.25) is 0 Å². The van der Waals surface area contributed by atoms with Crippen molar-refractivity contribution in [3.63, 3.8) is 0 Å². The van der Waals surface area contributed by atoms with E-state index in [0.717, 1.165) is 22.5 Å². The van der Waals surface area contributed by atoms with Crippen LogP contribution in [0.4, 0.5) is 23.7 Å². The third-order valence-electron chi connectivity index (χ3n) is 5.21. The normalized spacial score (nSPS) is 18.7. The van der Waals surface area contributed by atoms with Crippen LogP contribution in [0.1, 0.15) is 18.5 Å². The number of amides is 2. The zero-order valence-electron chi connectivity index (χ0n) is 16.6. The van der Waals surface area contributed by atoms with Crippen LogP contribution in [0.2, 0.25) is 0 Å². The van der Waals surface area contributed by atoms with E-state index in [-0.39, 0.29) is 11.7 Å². The Bertz CT molecular complexity index is 951. The number of nitrogens with one attached hydrogen (secondary N) is 1. The Morgan fingerprint density at radius 3 is 2.50 bits per heavy atom. The number of hydrogen-bond acceptors (Lipinski definition) is 6. The number of rotatable bonds is 4. The summed E-state index contributed by atoms with van der Waals surface area (Å²) in [6.45, 7) is 1.89. The largest absolute Gasteiger partial charge is 0.433 e. The first-order valence-electron chi connectivity index (χ1n) is 9.53. The van der Waals surface area contributed by atoms with Crippen LogP contribution in [0.25, 0.3) is 5.65 Å². The quantitative estimate of drug-likeness (QED) is 0.557. The van der Waals surface area contributed by atoms with Gasteiger partial charge in [0.05, 0.1) is 11.9 Å². The molecular weight excluding hydrogens is 421 g/mol. The number of alkyl halides is 3. The number of urea groups is 1. The second-order valence-corrected chi connectivity index (χ2v) is 8.66. The molecular formula is C18H23F3N6O2S. The molecule has 2 N–H and O–H groups in total.